The Hall–Kier alpha value is -1.93. The van der Waals surface area contributed by atoms with Crippen molar-refractivity contribution in [2.45, 2.75) is 32.7 Å². The van der Waals surface area contributed by atoms with Crippen LogP contribution in [0.4, 0.5) is 0 Å². The SMILES string of the molecule is CC(C)c1csc(CNC(=NCC(=O)N(C)C)NCCc2cccs2)n1. The van der Waals surface area contributed by atoms with E-state index in [1.54, 1.807) is 41.7 Å². The van der Waals surface area contributed by atoms with E-state index >= 15 is 0 Å². The van der Waals surface area contributed by atoms with Crippen LogP contribution >= 0.6 is 22.7 Å². The number of hydrogen-bond acceptors (Lipinski definition) is 5. The number of hydrogen-bond donors (Lipinski definition) is 2. The molecule has 0 aliphatic rings. The summed E-state index contributed by atoms with van der Waals surface area (Å²) in [5.41, 5.74) is 1.11. The topological polar surface area (TPSA) is 69.6 Å². The standard InChI is InChI=1S/C18H27N5OS2/c1-13(2)15-12-26-16(22-15)10-20-18(21-11-17(24)23(3)4)19-8-7-14-6-5-9-25-14/h5-6,9,12-13H,7-8,10-11H2,1-4H3,(H2,19,20,21). The monoisotopic (exact) mass is 393 g/mol. The minimum absolute atomic E-state index is 0.0271. The number of nitrogens with zero attached hydrogens (tertiary/aromatic N) is 3. The Balaban J connectivity index is 1.91. The fourth-order valence-electron chi connectivity index (χ4n) is 2.05. The molecule has 0 unspecified atom stereocenters. The van der Waals surface area contributed by atoms with Crippen LogP contribution in [0.5, 0.6) is 0 Å². The number of likely N-dealkylation sites (N-methyl/N-ethyl adjacent to an activating group) is 1. The molecule has 2 N–H and O–H groups in total. The highest BCUT2D eigenvalue weighted by Gasteiger charge is 2.08. The fourth-order valence-corrected chi connectivity index (χ4v) is 3.66. The number of rotatable bonds is 8. The summed E-state index contributed by atoms with van der Waals surface area (Å²) in [4.78, 5) is 23.7. The quantitative estimate of drug-likeness (QED) is 0.534. The summed E-state index contributed by atoms with van der Waals surface area (Å²) < 4.78 is 0. The van der Waals surface area contributed by atoms with Gasteiger partial charge in [0.1, 0.15) is 11.6 Å². The van der Waals surface area contributed by atoms with Crippen molar-refractivity contribution in [2.24, 2.45) is 4.99 Å². The van der Waals surface area contributed by atoms with Crippen molar-refractivity contribution in [3.63, 3.8) is 0 Å². The van der Waals surface area contributed by atoms with Crippen molar-refractivity contribution in [3.05, 3.63) is 38.5 Å². The lowest BCUT2D eigenvalue weighted by Gasteiger charge is -2.13. The van der Waals surface area contributed by atoms with Crippen LogP contribution in [0.3, 0.4) is 0 Å². The highest BCUT2D eigenvalue weighted by Crippen LogP contribution is 2.17. The minimum Gasteiger partial charge on any atom is -0.356 e. The molecule has 1 amide bonds. The van der Waals surface area contributed by atoms with Gasteiger partial charge in [0.25, 0.3) is 0 Å². The lowest BCUT2D eigenvalue weighted by atomic mass is 10.2. The molecule has 142 valence electrons. The number of aliphatic imine (C=N–C) groups is 1. The molecule has 0 radical (unpaired) electrons. The number of carbonyl (C=O) groups excluding carboxylic acids is 1. The first-order valence-electron chi connectivity index (χ1n) is 8.64. The molecule has 0 saturated carbocycles. The molecule has 8 heteroatoms. The second-order valence-corrected chi connectivity index (χ2v) is 8.36. The van der Waals surface area contributed by atoms with Crippen LogP contribution in [0.25, 0.3) is 0 Å². The molecule has 0 fully saturated rings. The van der Waals surface area contributed by atoms with Crippen LogP contribution in [-0.4, -0.2) is 48.9 Å². The van der Waals surface area contributed by atoms with Gasteiger partial charge in [-0.3, -0.25) is 4.79 Å². The summed E-state index contributed by atoms with van der Waals surface area (Å²) in [5.74, 6) is 1.04. The summed E-state index contributed by atoms with van der Waals surface area (Å²) in [6, 6.07) is 4.17. The summed E-state index contributed by atoms with van der Waals surface area (Å²) in [6.45, 7) is 5.75. The first-order valence-corrected chi connectivity index (χ1v) is 10.4. The van der Waals surface area contributed by atoms with E-state index in [1.807, 2.05) is 0 Å². The molecule has 0 atom stereocenters. The van der Waals surface area contributed by atoms with Gasteiger partial charge in [-0.1, -0.05) is 19.9 Å². The predicted octanol–water partition coefficient (Wildman–Crippen LogP) is 2.69. The molecule has 0 bridgehead atoms. The van der Waals surface area contributed by atoms with Crippen LogP contribution in [0, 0.1) is 0 Å². The van der Waals surface area contributed by atoms with Gasteiger partial charge in [0.05, 0.1) is 12.2 Å². The van der Waals surface area contributed by atoms with Crippen LogP contribution in [0.2, 0.25) is 0 Å². The van der Waals surface area contributed by atoms with Crippen molar-refractivity contribution in [3.8, 4) is 0 Å². The third-order valence-corrected chi connectivity index (χ3v) is 5.49. The van der Waals surface area contributed by atoms with Gasteiger partial charge in [0.2, 0.25) is 5.91 Å². The second kappa shape index (κ2) is 10.3. The second-order valence-electron chi connectivity index (χ2n) is 6.38. The van der Waals surface area contributed by atoms with Gasteiger partial charge in [-0.2, -0.15) is 0 Å². The highest BCUT2D eigenvalue weighted by atomic mass is 32.1. The van der Waals surface area contributed by atoms with E-state index in [0.29, 0.717) is 18.4 Å². The Morgan fingerprint density at radius 3 is 2.73 bits per heavy atom. The zero-order valence-electron chi connectivity index (χ0n) is 15.8. The van der Waals surface area contributed by atoms with Crippen molar-refractivity contribution in [1.82, 2.24) is 20.5 Å². The van der Waals surface area contributed by atoms with Crippen molar-refractivity contribution in [1.29, 1.82) is 0 Å². The highest BCUT2D eigenvalue weighted by molar-refractivity contribution is 7.10. The number of aromatic nitrogens is 1. The fraction of sp³-hybridized carbons (Fsp3) is 0.500. The number of thiophene rings is 1. The van der Waals surface area contributed by atoms with E-state index in [-0.39, 0.29) is 12.5 Å². The normalized spacial score (nSPS) is 11.7. The van der Waals surface area contributed by atoms with Gasteiger partial charge >= 0.3 is 0 Å². The molecule has 2 heterocycles. The van der Waals surface area contributed by atoms with Gasteiger partial charge in [0.15, 0.2) is 5.96 Å². The number of guanidine groups is 1. The first-order chi connectivity index (χ1) is 12.5. The number of carbonyl (C=O) groups is 1. The first kappa shape index (κ1) is 20.4. The summed E-state index contributed by atoms with van der Waals surface area (Å²) in [6.07, 6.45) is 0.925. The Morgan fingerprint density at radius 1 is 1.31 bits per heavy atom. The van der Waals surface area contributed by atoms with Crippen molar-refractivity contribution in [2.75, 3.05) is 27.2 Å². The Labute approximate surface area is 163 Å². The summed E-state index contributed by atoms with van der Waals surface area (Å²) >= 11 is 3.38. The van der Waals surface area contributed by atoms with Crippen LogP contribution in [-0.2, 0) is 17.8 Å². The maximum atomic E-state index is 11.8. The zero-order chi connectivity index (χ0) is 18.9. The van der Waals surface area contributed by atoms with Crippen molar-refractivity contribution < 1.29 is 4.79 Å². The smallest absolute Gasteiger partial charge is 0.243 e. The molecule has 0 aromatic carbocycles. The van der Waals surface area contributed by atoms with E-state index in [1.165, 1.54) is 4.88 Å². The molecule has 0 spiro atoms. The van der Waals surface area contributed by atoms with Crippen LogP contribution < -0.4 is 10.6 Å². The average Bonchev–Trinajstić information content (AvgIpc) is 3.28. The zero-order valence-corrected chi connectivity index (χ0v) is 17.4. The third-order valence-electron chi connectivity index (χ3n) is 3.68. The lowest BCUT2D eigenvalue weighted by molar-refractivity contribution is -0.127. The molecule has 2 aromatic rings. The Bertz CT molecular complexity index is 707. The Morgan fingerprint density at radius 2 is 2.12 bits per heavy atom. The summed E-state index contributed by atoms with van der Waals surface area (Å²) in [7, 11) is 3.47. The molecule has 2 aromatic heterocycles. The molecule has 26 heavy (non-hydrogen) atoms. The van der Waals surface area contributed by atoms with Gasteiger partial charge < -0.3 is 15.5 Å². The Kier molecular flexibility index (Phi) is 8.06. The van der Waals surface area contributed by atoms with Crippen LogP contribution in [0.15, 0.2) is 27.9 Å². The predicted molar refractivity (Wildman–Crippen MR) is 110 cm³/mol. The van der Waals surface area contributed by atoms with Gasteiger partial charge in [-0.15, -0.1) is 22.7 Å². The molecular weight excluding hydrogens is 366 g/mol. The minimum atomic E-state index is -0.0271. The largest absolute Gasteiger partial charge is 0.356 e. The average molecular weight is 394 g/mol. The van der Waals surface area contributed by atoms with Gasteiger partial charge in [0, 0.05) is 30.9 Å². The maximum absolute atomic E-state index is 11.8. The van der Waals surface area contributed by atoms with Gasteiger partial charge in [-0.05, 0) is 23.8 Å². The summed E-state index contributed by atoms with van der Waals surface area (Å²) in [5, 5.41) is 11.8. The van der Waals surface area contributed by atoms with E-state index in [9.17, 15) is 4.79 Å². The molecule has 0 aliphatic heterocycles. The maximum Gasteiger partial charge on any atom is 0.243 e. The molecular formula is C18H27N5OS2. The van der Waals surface area contributed by atoms with E-state index in [4.69, 9.17) is 0 Å². The van der Waals surface area contributed by atoms with E-state index in [2.05, 4.69) is 57.4 Å². The third kappa shape index (κ3) is 6.76. The van der Waals surface area contributed by atoms with Crippen molar-refractivity contribution >= 4 is 34.5 Å². The lowest BCUT2D eigenvalue weighted by Crippen LogP contribution is -2.39. The molecule has 2 rings (SSSR count). The number of amides is 1. The van der Waals surface area contributed by atoms with Crippen LogP contribution in [0.1, 0.15) is 35.3 Å². The molecule has 0 saturated heterocycles. The van der Waals surface area contributed by atoms with E-state index < -0.39 is 0 Å². The molecule has 0 aliphatic carbocycles. The molecule has 6 nitrogen and oxygen atoms in total. The number of thiazole rings is 1. The van der Waals surface area contributed by atoms with Gasteiger partial charge in [-0.25, -0.2) is 9.98 Å². The van der Waals surface area contributed by atoms with E-state index in [0.717, 1.165) is 23.7 Å². The number of nitrogens with one attached hydrogen (secondary N) is 2.